The van der Waals surface area contributed by atoms with Gasteiger partial charge in [0.15, 0.2) is 0 Å². The van der Waals surface area contributed by atoms with E-state index < -0.39 is 0 Å². The van der Waals surface area contributed by atoms with Gasteiger partial charge in [0.2, 0.25) is 0 Å². The van der Waals surface area contributed by atoms with Crippen LogP contribution < -0.4 is 10.1 Å². The van der Waals surface area contributed by atoms with Crippen molar-refractivity contribution in [1.82, 2.24) is 5.32 Å². The van der Waals surface area contributed by atoms with E-state index in [9.17, 15) is 4.39 Å². The van der Waals surface area contributed by atoms with E-state index in [1.165, 1.54) is 6.07 Å². The fraction of sp³-hybridized carbons (Fsp3) is 0.600. The largest absolute Gasteiger partial charge is 0.487 e. The van der Waals surface area contributed by atoms with Crippen molar-refractivity contribution in [2.24, 2.45) is 5.92 Å². The molecule has 1 unspecified atom stereocenters. The van der Waals surface area contributed by atoms with E-state index in [0.29, 0.717) is 30.4 Å². The van der Waals surface area contributed by atoms with Crippen molar-refractivity contribution in [3.63, 3.8) is 0 Å². The Morgan fingerprint density at radius 1 is 1.26 bits per heavy atom. The van der Waals surface area contributed by atoms with Crippen LogP contribution in [0.2, 0.25) is 0 Å². The van der Waals surface area contributed by atoms with Gasteiger partial charge in [-0.3, -0.25) is 0 Å². The summed E-state index contributed by atoms with van der Waals surface area (Å²) in [5.74, 6) is 1.05. The molecule has 0 aliphatic heterocycles. The third-order valence-corrected chi connectivity index (χ3v) is 2.71. The zero-order chi connectivity index (χ0) is 14.3. The van der Waals surface area contributed by atoms with E-state index in [2.05, 4.69) is 19.2 Å². The van der Waals surface area contributed by atoms with Crippen LogP contribution in [0, 0.1) is 18.7 Å². The zero-order valence-corrected chi connectivity index (χ0v) is 12.2. The third kappa shape index (κ3) is 6.03. The van der Waals surface area contributed by atoms with Crippen LogP contribution in [0.5, 0.6) is 5.75 Å². The maximum absolute atomic E-state index is 13.2. The van der Waals surface area contributed by atoms with Gasteiger partial charge in [-0.15, -0.1) is 0 Å². The highest BCUT2D eigenvalue weighted by Crippen LogP contribution is 2.17. The van der Waals surface area contributed by atoms with Gasteiger partial charge < -0.3 is 14.8 Å². The van der Waals surface area contributed by atoms with Crippen molar-refractivity contribution >= 4 is 0 Å². The number of aryl methyl sites for hydroxylation is 1. The second kappa shape index (κ2) is 8.12. The summed E-state index contributed by atoms with van der Waals surface area (Å²) >= 11 is 0. The summed E-state index contributed by atoms with van der Waals surface area (Å²) in [6, 6.07) is 4.78. The molecule has 0 amide bonds. The SMILES string of the molecule is COCC(CNCC(C)C)Oc1ccc(F)c(C)c1. The van der Waals surface area contributed by atoms with Crippen molar-refractivity contribution < 1.29 is 13.9 Å². The molecule has 0 saturated carbocycles. The van der Waals surface area contributed by atoms with Gasteiger partial charge in [-0.05, 0) is 43.1 Å². The molecule has 0 spiro atoms. The van der Waals surface area contributed by atoms with E-state index in [1.807, 2.05) is 0 Å². The molecular weight excluding hydrogens is 245 g/mol. The number of hydrogen-bond acceptors (Lipinski definition) is 3. The van der Waals surface area contributed by atoms with Crippen LogP contribution in [-0.2, 0) is 4.74 Å². The molecule has 0 saturated heterocycles. The minimum Gasteiger partial charge on any atom is -0.487 e. The number of nitrogens with one attached hydrogen (secondary N) is 1. The average Bonchev–Trinajstić information content (AvgIpc) is 2.33. The minimum atomic E-state index is -0.214. The highest BCUT2D eigenvalue weighted by molar-refractivity contribution is 5.29. The number of methoxy groups -OCH3 is 1. The number of rotatable bonds is 8. The lowest BCUT2D eigenvalue weighted by Crippen LogP contribution is -2.36. The van der Waals surface area contributed by atoms with Gasteiger partial charge in [-0.25, -0.2) is 4.39 Å². The Balaban J connectivity index is 2.54. The molecule has 3 nitrogen and oxygen atoms in total. The van der Waals surface area contributed by atoms with Crippen molar-refractivity contribution in [3.05, 3.63) is 29.6 Å². The average molecular weight is 269 g/mol. The van der Waals surface area contributed by atoms with Crippen molar-refractivity contribution in [3.8, 4) is 5.75 Å². The van der Waals surface area contributed by atoms with Gasteiger partial charge in [-0.2, -0.15) is 0 Å². The Morgan fingerprint density at radius 3 is 2.58 bits per heavy atom. The Morgan fingerprint density at radius 2 is 2.00 bits per heavy atom. The lowest BCUT2D eigenvalue weighted by molar-refractivity contribution is 0.0801. The molecule has 19 heavy (non-hydrogen) atoms. The van der Waals surface area contributed by atoms with Crippen LogP contribution in [0.4, 0.5) is 4.39 Å². The summed E-state index contributed by atoms with van der Waals surface area (Å²) in [4.78, 5) is 0. The van der Waals surface area contributed by atoms with Gasteiger partial charge >= 0.3 is 0 Å². The van der Waals surface area contributed by atoms with Crippen molar-refractivity contribution in [2.45, 2.75) is 26.9 Å². The first-order chi connectivity index (χ1) is 9.02. The van der Waals surface area contributed by atoms with Crippen LogP contribution in [0.15, 0.2) is 18.2 Å². The van der Waals surface area contributed by atoms with E-state index in [4.69, 9.17) is 9.47 Å². The Kier molecular flexibility index (Phi) is 6.81. The van der Waals surface area contributed by atoms with Crippen LogP contribution >= 0.6 is 0 Å². The second-order valence-electron chi connectivity index (χ2n) is 5.16. The van der Waals surface area contributed by atoms with Gasteiger partial charge in [-0.1, -0.05) is 13.8 Å². The van der Waals surface area contributed by atoms with Gasteiger partial charge in [0, 0.05) is 13.7 Å². The minimum absolute atomic E-state index is 0.0754. The van der Waals surface area contributed by atoms with Crippen LogP contribution in [0.1, 0.15) is 19.4 Å². The molecule has 1 rings (SSSR count). The highest BCUT2D eigenvalue weighted by atomic mass is 19.1. The summed E-state index contributed by atoms with van der Waals surface area (Å²) < 4.78 is 24.2. The first kappa shape index (κ1) is 15.9. The van der Waals surface area contributed by atoms with Crippen LogP contribution in [0.25, 0.3) is 0 Å². The smallest absolute Gasteiger partial charge is 0.134 e. The van der Waals surface area contributed by atoms with Gasteiger partial charge in [0.25, 0.3) is 0 Å². The third-order valence-electron chi connectivity index (χ3n) is 2.71. The number of ether oxygens (including phenoxy) is 2. The maximum Gasteiger partial charge on any atom is 0.134 e. The monoisotopic (exact) mass is 269 g/mol. The molecule has 0 bridgehead atoms. The molecule has 0 fully saturated rings. The Labute approximate surface area is 115 Å². The van der Waals surface area contributed by atoms with Crippen molar-refractivity contribution in [2.75, 3.05) is 26.8 Å². The van der Waals surface area contributed by atoms with Crippen LogP contribution in [-0.4, -0.2) is 32.9 Å². The molecule has 1 aromatic carbocycles. The second-order valence-corrected chi connectivity index (χ2v) is 5.16. The number of halogens is 1. The first-order valence-corrected chi connectivity index (χ1v) is 6.65. The molecule has 0 aliphatic rings. The Hall–Kier alpha value is -1.13. The zero-order valence-electron chi connectivity index (χ0n) is 12.2. The summed E-state index contributed by atoms with van der Waals surface area (Å²) in [5, 5.41) is 3.34. The lowest BCUT2D eigenvalue weighted by Gasteiger charge is -2.20. The summed E-state index contributed by atoms with van der Waals surface area (Å²) in [6.45, 7) is 8.19. The predicted octanol–water partition coefficient (Wildman–Crippen LogP) is 2.77. The molecule has 1 atom stereocenters. The van der Waals surface area contributed by atoms with E-state index in [0.717, 1.165) is 6.54 Å². The van der Waals surface area contributed by atoms with Crippen LogP contribution in [0.3, 0.4) is 0 Å². The molecule has 0 heterocycles. The van der Waals surface area contributed by atoms with Gasteiger partial charge in [0.05, 0.1) is 6.61 Å². The maximum atomic E-state index is 13.2. The van der Waals surface area contributed by atoms with Gasteiger partial charge in [0.1, 0.15) is 17.7 Å². The normalized spacial score (nSPS) is 12.7. The molecular formula is C15H24FNO2. The quantitative estimate of drug-likeness (QED) is 0.787. The fourth-order valence-electron chi connectivity index (χ4n) is 1.74. The fourth-order valence-corrected chi connectivity index (χ4v) is 1.74. The van der Waals surface area contributed by atoms with E-state index in [1.54, 1.807) is 26.2 Å². The molecule has 4 heteroatoms. The Bertz CT molecular complexity index is 382. The highest BCUT2D eigenvalue weighted by Gasteiger charge is 2.11. The topological polar surface area (TPSA) is 30.5 Å². The summed E-state index contributed by atoms with van der Waals surface area (Å²) in [7, 11) is 1.65. The molecule has 0 radical (unpaired) electrons. The molecule has 0 aliphatic carbocycles. The molecule has 108 valence electrons. The lowest BCUT2D eigenvalue weighted by atomic mass is 10.2. The first-order valence-electron chi connectivity index (χ1n) is 6.65. The summed E-state index contributed by atoms with van der Waals surface area (Å²) in [5.41, 5.74) is 0.587. The van der Waals surface area contributed by atoms with E-state index >= 15 is 0 Å². The number of benzene rings is 1. The molecule has 1 aromatic rings. The standard InChI is InChI=1S/C15H24FNO2/c1-11(2)8-17-9-14(10-18-4)19-13-5-6-15(16)12(3)7-13/h5-7,11,14,17H,8-10H2,1-4H3. The number of hydrogen-bond donors (Lipinski definition) is 1. The van der Waals surface area contributed by atoms with Crippen molar-refractivity contribution in [1.29, 1.82) is 0 Å². The molecule has 1 N–H and O–H groups in total. The predicted molar refractivity (Wildman–Crippen MR) is 75.1 cm³/mol. The van der Waals surface area contributed by atoms with E-state index in [-0.39, 0.29) is 11.9 Å². The summed E-state index contributed by atoms with van der Waals surface area (Å²) in [6.07, 6.45) is -0.0754. The molecule has 0 aromatic heterocycles.